The van der Waals surface area contributed by atoms with Crippen molar-refractivity contribution in [3.05, 3.63) is 0 Å². The SMILES string of the molecule is CCCCCN1[SiH2]N(C)C1N(CC)CC. The maximum atomic E-state index is 2.72. The lowest BCUT2D eigenvalue weighted by molar-refractivity contribution is -0.0256. The van der Waals surface area contributed by atoms with Crippen molar-refractivity contribution in [1.29, 1.82) is 0 Å². The summed E-state index contributed by atoms with van der Waals surface area (Å²) in [5, 5.41) is 0. The smallest absolute Gasteiger partial charge is 0.177 e. The third-order valence-corrected chi connectivity index (χ3v) is 5.09. The van der Waals surface area contributed by atoms with Crippen LogP contribution in [0.3, 0.4) is 0 Å². The Balaban J connectivity index is 2.33. The summed E-state index contributed by atoms with van der Waals surface area (Å²) in [6.45, 7) is 10.5. The van der Waals surface area contributed by atoms with Crippen molar-refractivity contribution in [3.63, 3.8) is 0 Å². The maximum absolute atomic E-state index is 2.72. The normalized spacial score (nSPS) is 25.0. The summed E-state index contributed by atoms with van der Waals surface area (Å²) in [7, 11) is 2.21. The average Bonchev–Trinajstić information content (AvgIpc) is 2.24. The third kappa shape index (κ3) is 3.28. The molecule has 0 N–H and O–H groups in total. The van der Waals surface area contributed by atoms with E-state index in [4.69, 9.17) is 0 Å². The van der Waals surface area contributed by atoms with Gasteiger partial charge in [0.15, 0.2) is 9.84 Å². The second kappa shape index (κ2) is 6.63. The minimum Gasteiger partial charge on any atom is -0.292 e. The molecule has 1 unspecified atom stereocenters. The van der Waals surface area contributed by atoms with Gasteiger partial charge in [0.25, 0.3) is 0 Å². The van der Waals surface area contributed by atoms with Gasteiger partial charge in [-0.05, 0) is 33.1 Å². The number of rotatable bonds is 7. The van der Waals surface area contributed by atoms with Crippen LogP contribution in [0.15, 0.2) is 0 Å². The number of nitrogens with zero attached hydrogens (tertiary/aromatic N) is 3. The van der Waals surface area contributed by atoms with E-state index in [0.717, 1.165) is 0 Å². The Bertz CT molecular complexity index is 173. The highest BCUT2D eigenvalue weighted by Crippen LogP contribution is 2.18. The monoisotopic (exact) mass is 229 g/mol. The van der Waals surface area contributed by atoms with E-state index < -0.39 is 0 Å². The fourth-order valence-corrected chi connectivity index (χ4v) is 4.32. The van der Waals surface area contributed by atoms with Crippen LogP contribution in [0, 0.1) is 0 Å². The van der Waals surface area contributed by atoms with Crippen molar-refractivity contribution in [2.75, 3.05) is 26.7 Å². The van der Waals surface area contributed by atoms with Crippen LogP contribution in [0.2, 0.25) is 0 Å². The molecule has 3 nitrogen and oxygen atoms in total. The lowest BCUT2D eigenvalue weighted by Gasteiger charge is -2.53. The van der Waals surface area contributed by atoms with Gasteiger partial charge >= 0.3 is 0 Å². The lowest BCUT2D eigenvalue weighted by Crippen LogP contribution is -2.71. The zero-order valence-electron chi connectivity index (χ0n) is 10.9. The van der Waals surface area contributed by atoms with Gasteiger partial charge in [-0.1, -0.05) is 33.6 Å². The predicted octanol–water partition coefficient (Wildman–Crippen LogP) is 1.05. The van der Waals surface area contributed by atoms with Crippen molar-refractivity contribution in [1.82, 2.24) is 14.0 Å². The van der Waals surface area contributed by atoms with Crippen LogP contribution in [0.1, 0.15) is 40.0 Å². The molecule has 1 rings (SSSR count). The van der Waals surface area contributed by atoms with Crippen molar-refractivity contribution >= 4 is 9.84 Å². The molecule has 1 atom stereocenters. The number of hydrogen-bond donors (Lipinski definition) is 0. The topological polar surface area (TPSA) is 9.72 Å². The summed E-state index contributed by atoms with van der Waals surface area (Å²) in [5.41, 5.74) is 0. The fraction of sp³-hybridized carbons (Fsp3) is 1.00. The second-order valence-electron chi connectivity index (χ2n) is 4.49. The van der Waals surface area contributed by atoms with Crippen LogP contribution >= 0.6 is 0 Å². The van der Waals surface area contributed by atoms with E-state index in [9.17, 15) is 0 Å². The highest BCUT2D eigenvalue weighted by atomic mass is 28.2. The summed E-state index contributed by atoms with van der Waals surface area (Å²) in [6, 6.07) is 0. The highest BCUT2D eigenvalue weighted by Gasteiger charge is 2.36. The molecule has 1 saturated heterocycles. The predicted molar refractivity (Wildman–Crippen MR) is 69.2 cm³/mol. The van der Waals surface area contributed by atoms with Gasteiger partial charge in [-0.25, -0.2) is 0 Å². The van der Waals surface area contributed by atoms with Gasteiger partial charge in [0.1, 0.15) is 6.29 Å². The first-order valence-electron chi connectivity index (χ1n) is 6.42. The Morgan fingerprint density at radius 3 is 2.27 bits per heavy atom. The molecule has 0 amide bonds. The van der Waals surface area contributed by atoms with E-state index in [2.05, 4.69) is 41.8 Å². The van der Waals surface area contributed by atoms with Gasteiger partial charge in [-0.2, -0.15) is 0 Å². The van der Waals surface area contributed by atoms with Gasteiger partial charge in [-0.15, -0.1) is 0 Å². The Morgan fingerprint density at radius 2 is 1.80 bits per heavy atom. The van der Waals surface area contributed by atoms with E-state index in [0.29, 0.717) is 6.29 Å². The molecule has 0 saturated carbocycles. The van der Waals surface area contributed by atoms with E-state index in [1.165, 1.54) is 38.9 Å². The van der Waals surface area contributed by atoms with Gasteiger partial charge in [0.2, 0.25) is 0 Å². The maximum Gasteiger partial charge on any atom is 0.177 e. The zero-order valence-corrected chi connectivity index (χ0v) is 12.3. The first-order valence-corrected chi connectivity index (χ1v) is 7.69. The van der Waals surface area contributed by atoms with E-state index in [1.54, 1.807) is 0 Å². The molecule has 90 valence electrons. The van der Waals surface area contributed by atoms with Gasteiger partial charge < -0.3 is 0 Å². The summed E-state index contributed by atoms with van der Waals surface area (Å²) in [5.74, 6) is 0. The van der Waals surface area contributed by atoms with Crippen LogP contribution < -0.4 is 0 Å². The van der Waals surface area contributed by atoms with Crippen molar-refractivity contribution in [2.24, 2.45) is 0 Å². The molecular formula is C11H27N3Si. The molecule has 1 aliphatic heterocycles. The minimum absolute atomic E-state index is 0.0685. The van der Waals surface area contributed by atoms with Crippen LogP contribution in [-0.4, -0.2) is 56.8 Å². The molecule has 1 heterocycles. The van der Waals surface area contributed by atoms with E-state index >= 15 is 0 Å². The van der Waals surface area contributed by atoms with Gasteiger partial charge in [0.05, 0.1) is 0 Å². The summed E-state index contributed by atoms with van der Waals surface area (Å²) in [6.07, 6.45) is 4.74. The Hall–Kier alpha value is 0.0969. The number of hydrogen-bond acceptors (Lipinski definition) is 3. The first kappa shape index (κ1) is 13.2. The van der Waals surface area contributed by atoms with Gasteiger partial charge in [0, 0.05) is 0 Å². The lowest BCUT2D eigenvalue weighted by atomic mass is 10.2. The molecule has 1 fully saturated rings. The summed E-state index contributed by atoms with van der Waals surface area (Å²) < 4.78 is 5.29. The highest BCUT2D eigenvalue weighted by molar-refractivity contribution is 6.31. The molecule has 0 aliphatic carbocycles. The minimum atomic E-state index is -0.0685. The van der Waals surface area contributed by atoms with E-state index in [-0.39, 0.29) is 9.84 Å². The van der Waals surface area contributed by atoms with Crippen LogP contribution in [0.25, 0.3) is 0 Å². The van der Waals surface area contributed by atoms with Gasteiger partial charge in [-0.3, -0.25) is 14.0 Å². The first-order chi connectivity index (χ1) is 7.24. The van der Waals surface area contributed by atoms with Crippen molar-refractivity contribution in [2.45, 2.75) is 46.3 Å². The Kier molecular flexibility index (Phi) is 5.82. The molecule has 0 spiro atoms. The molecule has 0 bridgehead atoms. The van der Waals surface area contributed by atoms with E-state index in [1.807, 2.05) is 0 Å². The molecule has 0 aromatic carbocycles. The molecule has 4 heteroatoms. The molecule has 15 heavy (non-hydrogen) atoms. The molecular weight excluding hydrogens is 202 g/mol. The second-order valence-corrected chi connectivity index (χ2v) is 6.58. The molecule has 0 aromatic heterocycles. The zero-order chi connectivity index (χ0) is 11.3. The standard InChI is InChI=1S/C11H27N3Si/c1-5-8-9-10-14-11(12(4)15-14)13(6-2)7-3/h11H,5-10,15H2,1-4H3. The molecule has 0 radical (unpaired) electrons. The largest absolute Gasteiger partial charge is 0.292 e. The van der Waals surface area contributed by atoms with Crippen molar-refractivity contribution in [3.8, 4) is 0 Å². The third-order valence-electron chi connectivity index (χ3n) is 3.31. The summed E-state index contributed by atoms with van der Waals surface area (Å²) in [4.78, 5) is 2.56. The summed E-state index contributed by atoms with van der Waals surface area (Å²) >= 11 is 0. The van der Waals surface area contributed by atoms with Crippen LogP contribution in [-0.2, 0) is 0 Å². The quantitative estimate of drug-likeness (QED) is 0.477. The van der Waals surface area contributed by atoms with Crippen LogP contribution in [0.5, 0.6) is 0 Å². The van der Waals surface area contributed by atoms with Crippen LogP contribution in [0.4, 0.5) is 0 Å². The van der Waals surface area contributed by atoms with Crippen molar-refractivity contribution < 1.29 is 0 Å². The molecule has 1 aliphatic rings. The Morgan fingerprint density at radius 1 is 1.13 bits per heavy atom. The average molecular weight is 229 g/mol. The Labute approximate surface area is 97.4 Å². The number of unbranched alkanes of at least 4 members (excludes halogenated alkanes) is 2. The molecule has 0 aromatic rings. The fourth-order valence-electron chi connectivity index (χ4n) is 2.43.